The van der Waals surface area contributed by atoms with Crippen LogP contribution in [0.3, 0.4) is 0 Å². The van der Waals surface area contributed by atoms with Crippen molar-refractivity contribution >= 4 is 32.3 Å². The fourth-order valence-corrected chi connectivity index (χ4v) is 5.01. The van der Waals surface area contributed by atoms with Crippen molar-refractivity contribution in [3.05, 3.63) is 40.4 Å². The molecule has 0 fully saturated rings. The molecule has 0 aliphatic heterocycles. The Morgan fingerprint density at radius 2 is 1.77 bits per heavy atom. The lowest BCUT2D eigenvalue weighted by Gasteiger charge is -2.14. The maximum absolute atomic E-state index is 12.9. The first-order chi connectivity index (χ1) is 14.5. The van der Waals surface area contributed by atoms with E-state index < -0.39 is 20.6 Å². The summed E-state index contributed by atoms with van der Waals surface area (Å²) in [6, 6.07) is 7.19. The highest BCUT2D eigenvalue weighted by Gasteiger charge is 2.31. The number of carbonyl (C=O) groups excluding carboxylic acids is 1. The van der Waals surface area contributed by atoms with Crippen LogP contribution in [0.2, 0.25) is 19.6 Å². The molecule has 0 amide bonds. The molecular weight excluding hydrogens is 441 g/mol. The first kappa shape index (κ1) is 25.0. The Morgan fingerprint density at radius 1 is 1.13 bits per heavy atom. The summed E-state index contributed by atoms with van der Waals surface area (Å²) in [7, 11) is -5.54. The van der Waals surface area contributed by atoms with Gasteiger partial charge in [-0.3, -0.25) is 14.7 Å². The summed E-state index contributed by atoms with van der Waals surface area (Å²) in [5.41, 5.74) is 0.187. The Kier molecular flexibility index (Phi) is 8.36. The number of non-ortho nitro benzene ring substituents is 1. The van der Waals surface area contributed by atoms with Crippen LogP contribution in [0.5, 0.6) is 5.75 Å². The highest BCUT2D eigenvalue weighted by Crippen LogP contribution is 2.48. The van der Waals surface area contributed by atoms with E-state index in [1.54, 1.807) is 19.9 Å². The Bertz CT molecular complexity index is 972. The van der Waals surface area contributed by atoms with E-state index in [1.165, 1.54) is 24.3 Å². The third-order valence-electron chi connectivity index (χ3n) is 4.28. The van der Waals surface area contributed by atoms with Crippen LogP contribution in [0.15, 0.2) is 34.7 Å². The van der Waals surface area contributed by atoms with E-state index in [2.05, 4.69) is 0 Å². The number of carbonyl (C=O) groups is 1. The van der Waals surface area contributed by atoms with Gasteiger partial charge >= 0.3 is 7.60 Å². The lowest BCUT2D eigenvalue weighted by molar-refractivity contribution is -0.384. The van der Waals surface area contributed by atoms with Gasteiger partial charge in [-0.2, -0.15) is 0 Å². The second kappa shape index (κ2) is 10.4. The van der Waals surface area contributed by atoms with Gasteiger partial charge in [-0.05, 0) is 32.0 Å². The molecule has 11 heteroatoms. The fraction of sp³-hybridized carbons (Fsp3) is 0.450. The van der Waals surface area contributed by atoms with Gasteiger partial charge < -0.3 is 23.0 Å². The Hall–Kier alpha value is -2.26. The van der Waals surface area contributed by atoms with Crippen LogP contribution >= 0.6 is 7.60 Å². The van der Waals surface area contributed by atoms with Crippen molar-refractivity contribution in [2.24, 2.45) is 0 Å². The summed E-state index contributed by atoms with van der Waals surface area (Å²) in [6.45, 7) is 9.70. The van der Waals surface area contributed by atoms with Crippen molar-refractivity contribution < 1.29 is 32.5 Å². The van der Waals surface area contributed by atoms with Crippen LogP contribution in [-0.4, -0.2) is 38.2 Å². The molecule has 1 aromatic heterocycles. The van der Waals surface area contributed by atoms with Crippen LogP contribution < -0.4 is 10.2 Å². The van der Waals surface area contributed by atoms with Gasteiger partial charge in [-0.25, -0.2) is 0 Å². The highest BCUT2D eigenvalue weighted by atomic mass is 31.2. The lowest BCUT2D eigenvalue weighted by Crippen LogP contribution is -2.34. The first-order valence-corrected chi connectivity index (χ1v) is 15.0. The second-order valence-electron chi connectivity index (χ2n) is 7.72. The zero-order valence-corrected chi connectivity index (χ0v) is 20.3. The van der Waals surface area contributed by atoms with E-state index in [0.29, 0.717) is 5.56 Å². The molecule has 0 aliphatic carbocycles. The number of rotatable bonds is 12. The third kappa shape index (κ3) is 6.61. The Morgan fingerprint density at radius 3 is 2.32 bits per heavy atom. The van der Waals surface area contributed by atoms with Crippen molar-refractivity contribution in [1.82, 2.24) is 0 Å². The maximum Gasteiger partial charge on any atom is 0.396 e. The number of hydrogen-bond donors (Lipinski definition) is 0. The van der Waals surface area contributed by atoms with Gasteiger partial charge in [-0.1, -0.05) is 19.6 Å². The normalized spacial score (nSPS) is 12.0. The minimum absolute atomic E-state index is 0.0147. The molecule has 170 valence electrons. The molecule has 0 radical (unpaired) electrons. The van der Waals surface area contributed by atoms with Crippen LogP contribution in [0.4, 0.5) is 5.69 Å². The predicted molar refractivity (Wildman–Crippen MR) is 120 cm³/mol. The molecule has 0 atom stereocenters. The number of benzene rings is 1. The van der Waals surface area contributed by atoms with Crippen molar-refractivity contribution in [1.29, 1.82) is 0 Å². The van der Waals surface area contributed by atoms with Gasteiger partial charge in [-0.15, -0.1) is 0 Å². The zero-order valence-electron chi connectivity index (χ0n) is 18.4. The molecule has 1 aromatic carbocycles. The molecule has 0 saturated carbocycles. The Balaban J connectivity index is 2.31. The van der Waals surface area contributed by atoms with Crippen molar-refractivity contribution in [2.75, 3.05) is 19.8 Å². The topological polar surface area (TPSA) is 118 Å². The average molecular weight is 470 g/mol. The SMILES string of the molecule is CCOP(=O)(OCC)c1ccc(-c2cc(OCCC(=O)[Si](C)(C)C)cc([N+](=O)[O-])c2)o1. The minimum atomic E-state index is -3.62. The highest BCUT2D eigenvalue weighted by molar-refractivity contribution is 7.61. The predicted octanol–water partition coefficient (Wildman–Crippen LogP) is 4.96. The van der Waals surface area contributed by atoms with Gasteiger partial charge in [0.1, 0.15) is 25.0 Å². The first-order valence-electron chi connectivity index (χ1n) is 9.95. The zero-order chi connectivity index (χ0) is 23.2. The van der Waals surface area contributed by atoms with Gasteiger partial charge in [0, 0.05) is 18.1 Å². The number of ether oxygens (including phenoxy) is 1. The molecule has 0 N–H and O–H groups in total. The lowest BCUT2D eigenvalue weighted by atomic mass is 10.1. The summed E-state index contributed by atoms with van der Waals surface area (Å²) in [5, 5.41) is 11.5. The van der Waals surface area contributed by atoms with E-state index in [1.807, 2.05) is 19.6 Å². The number of nitro groups is 1. The van der Waals surface area contributed by atoms with Gasteiger partial charge in [0.15, 0.2) is 0 Å². The molecular formula is C20H28NO8PSi. The summed E-state index contributed by atoms with van der Waals surface area (Å²) in [4.78, 5) is 23.0. The molecule has 31 heavy (non-hydrogen) atoms. The average Bonchev–Trinajstić information content (AvgIpc) is 3.18. The molecule has 0 saturated heterocycles. The third-order valence-corrected chi connectivity index (χ3v) is 8.18. The molecule has 0 spiro atoms. The molecule has 0 unspecified atom stereocenters. The number of nitrogens with zero attached hydrogens (tertiary/aromatic N) is 1. The van der Waals surface area contributed by atoms with Crippen LogP contribution in [-0.2, 0) is 18.4 Å². The van der Waals surface area contributed by atoms with E-state index in [4.69, 9.17) is 18.2 Å². The van der Waals surface area contributed by atoms with E-state index in [9.17, 15) is 19.5 Å². The molecule has 9 nitrogen and oxygen atoms in total. The number of hydrogen-bond acceptors (Lipinski definition) is 8. The van der Waals surface area contributed by atoms with E-state index in [0.717, 1.165) is 0 Å². The largest absolute Gasteiger partial charge is 0.493 e. The van der Waals surface area contributed by atoms with E-state index >= 15 is 0 Å². The molecule has 2 rings (SSSR count). The summed E-state index contributed by atoms with van der Waals surface area (Å²) in [6.07, 6.45) is 0.241. The molecule has 0 bridgehead atoms. The van der Waals surface area contributed by atoms with Gasteiger partial charge in [0.2, 0.25) is 5.50 Å². The van der Waals surface area contributed by atoms with Crippen molar-refractivity contribution in [3.8, 4) is 17.1 Å². The number of nitro benzene ring substituents is 1. The number of furan rings is 1. The smallest absolute Gasteiger partial charge is 0.396 e. The van der Waals surface area contributed by atoms with E-state index in [-0.39, 0.29) is 54.3 Å². The summed E-state index contributed by atoms with van der Waals surface area (Å²) in [5.74, 6) is 0.490. The Labute approximate surface area is 182 Å². The minimum Gasteiger partial charge on any atom is -0.493 e. The van der Waals surface area contributed by atoms with Gasteiger partial charge in [0.25, 0.3) is 5.69 Å². The van der Waals surface area contributed by atoms with Crippen LogP contribution in [0.25, 0.3) is 11.3 Å². The molecule has 2 aromatic rings. The quantitative estimate of drug-likeness (QED) is 0.185. The van der Waals surface area contributed by atoms with Crippen LogP contribution in [0, 0.1) is 10.1 Å². The fourth-order valence-electron chi connectivity index (χ4n) is 2.69. The summed E-state index contributed by atoms with van der Waals surface area (Å²) >= 11 is 0. The molecule has 0 aliphatic rings. The summed E-state index contributed by atoms with van der Waals surface area (Å²) < 4.78 is 34.7. The second-order valence-corrected chi connectivity index (χ2v) is 14.7. The van der Waals surface area contributed by atoms with Crippen LogP contribution in [0.1, 0.15) is 20.3 Å². The molecule has 1 heterocycles. The standard InChI is InChI=1S/C20H28NO8PSi/c1-6-27-30(25,28-7-2)20-9-8-18(29-20)15-12-16(21(23)24)14-17(13-15)26-11-10-19(22)31(3,4)5/h8-9,12-14H,6-7,10-11H2,1-5H3. The van der Waals surface area contributed by atoms with Gasteiger partial charge in [0.05, 0.1) is 30.8 Å². The monoisotopic (exact) mass is 469 g/mol. The van der Waals surface area contributed by atoms with Crippen molar-refractivity contribution in [3.63, 3.8) is 0 Å². The van der Waals surface area contributed by atoms with Crippen molar-refractivity contribution in [2.45, 2.75) is 39.9 Å². The maximum atomic E-state index is 12.9.